The van der Waals surface area contributed by atoms with Crippen molar-refractivity contribution in [2.24, 2.45) is 5.92 Å². The molecule has 17 heavy (non-hydrogen) atoms. The highest BCUT2D eigenvalue weighted by atomic mass is 16.5. The Labute approximate surface area is 99.8 Å². The fourth-order valence-electron chi connectivity index (χ4n) is 2.09. The third-order valence-electron chi connectivity index (χ3n) is 3.13. The minimum absolute atomic E-state index is 0.586. The average Bonchev–Trinajstić information content (AvgIpc) is 2.95. The van der Waals surface area contributed by atoms with Gasteiger partial charge in [-0.05, 0) is 25.0 Å². The molecule has 2 aromatic heterocycles. The first-order valence-corrected chi connectivity index (χ1v) is 5.96. The van der Waals surface area contributed by atoms with Gasteiger partial charge in [-0.1, -0.05) is 6.07 Å². The smallest absolute Gasteiger partial charge is 0.243 e. The van der Waals surface area contributed by atoms with Crippen LogP contribution in [0.5, 0.6) is 0 Å². The van der Waals surface area contributed by atoms with Gasteiger partial charge in [-0.2, -0.15) is 4.98 Å². The van der Waals surface area contributed by atoms with Crippen molar-refractivity contribution >= 4 is 11.6 Å². The van der Waals surface area contributed by atoms with Gasteiger partial charge in [-0.3, -0.25) is 0 Å². The molecule has 3 rings (SSSR count). The molecule has 0 bridgehead atoms. The Kier molecular flexibility index (Phi) is 2.68. The maximum Gasteiger partial charge on any atom is 0.243 e. The molecule has 1 atom stereocenters. The fourth-order valence-corrected chi connectivity index (χ4v) is 2.09. The molecule has 0 saturated carbocycles. The van der Waals surface area contributed by atoms with E-state index < -0.39 is 0 Å². The predicted molar refractivity (Wildman–Crippen MR) is 65.1 cm³/mol. The quantitative estimate of drug-likeness (QED) is 0.871. The third-order valence-corrected chi connectivity index (χ3v) is 3.13. The Morgan fingerprint density at radius 2 is 2.53 bits per heavy atom. The highest BCUT2D eigenvalue weighted by molar-refractivity contribution is 5.49. The average molecular weight is 232 g/mol. The van der Waals surface area contributed by atoms with Crippen LogP contribution in [0.15, 0.2) is 18.3 Å². The minimum atomic E-state index is 0.586. The van der Waals surface area contributed by atoms with E-state index in [0.29, 0.717) is 11.9 Å². The Balaban J connectivity index is 1.74. The second kappa shape index (κ2) is 4.33. The van der Waals surface area contributed by atoms with E-state index in [1.807, 2.05) is 29.8 Å². The number of nitrogens with zero attached hydrogens (tertiary/aromatic N) is 3. The van der Waals surface area contributed by atoms with E-state index >= 15 is 0 Å². The summed E-state index contributed by atoms with van der Waals surface area (Å²) in [6, 6.07) is 4.02. The first-order valence-electron chi connectivity index (χ1n) is 5.96. The van der Waals surface area contributed by atoms with Crippen molar-refractivity contribution in [1.29, 1.82) is 0 Å². The number of rotatable bonds is 3. The molecule has 0 aromatic carbocycles. The number of aromatic nitrogens is 3. The van der Waals surface area contributed by atoms with Crippen LogP contribution < -0.4 is 5.32 Å². The van der Waals surface area contributed by atoms with Gasteiger partial charge in [0, 0.05) is 25.3 Å². The van der Waals surface area contributed by atoms with Crippen LogP contribution in [-0.2, 0) is 4.74 Å². The molecule has 90 valence electrons. The van der Waals surface area contributed by atoms with E-state index in [2.05, 4.69) is 15.4 Å². The van der Waals surface area contributed by atoms with Crippen molar-refractivity contribution < 1.29 is 4.74 Å². The van der Waals surface area contributed by atoms with Gasteiger partial charge in [0.1, 0.15) is 0 Å². The van der Waals surface area contributed by atoms with Crippen LogP contribution in [0.25, 0.3) is 5.65 Å². The second-order valence-corrected chi connectivity index (χ2v) is 4.51. The molecule has 1 N–H and O–H groups in total. The van der Waals surface area contributed by atoms with E-state index in [4.69, 9.17) is 4.74 Å². The first kappa shape index (κ1) is 10.5. The monoisotopic (exact) mass is 232 g/mol. The number of anilines is 1. The number of hydrogen-bond donors (Lipinski definition) is 1. The van der Waals surface area contributed by atoms with Crippen molar-refractivity contribution in [3.8, 4) is 0 Å². The van der Waals surface area contributed by atoms with E-state index in [1.165, 1.54) is 0 Å². The van der Waals surface area contributed by atoms with Crippen LogP contribution in [0.4, 0.5) is 5.95 Å². The molecule has 0 spiro atoms. The summed E-state index contributed by atoms with van der Waals surface area (Å²) in [6.45, 7) is 4.65. The molecule has 5 heteroatoms. The zero-order valence-electron chi connectivity index (χ0n) is 9.89. The largest absolute Gasteiger partial charge is 0.381 e. The van der Waals surface area contributed by atoms with Crippen LogP contribution in [0, 0.1) is 12.8 Å². The first-order chi connectivity index (χ1) is 8.33. The van der Waals surface area contributed by atoms with Crippen molar-refractivity contribution in [3.63, 3.8) is 0 Å². The Hall–Kier alpha value is -1.62. The van der Waals surface area contributed by atoms with Gasteiger partial charge >= 0.3 is 0 Å². The van der Waals surface area contributed by atoms with Crippen molar-refractivity contribution in [3.05, 3.63) is 23.9 Å². The van der Waals surface area contributed by atoms with Gasteiger partial charge in [0.15, 0.2) is 5.65 Å². The molecular formula is C12H16N4O. The number of fused-ring (bicyclic) bond motifs is 1. The Bertz CT molecular complexity index is 516. The summed E-state index contributed by atoms with van der Waals surface area (Å²) in [7, 11) is 0. The van der Waals surface area contributed by atoms with E-state index in [-0.39, 0.29) is 0 Å². The van der Waals surface area contributed by atoms with Gasteiger partial charge in [0.2, 0.25) is 5.95 Å². The van der Waals surface area contributed by atoms with Gasteiger partial charge in [-0.15, -0.1) is 5.10 Å². The molecule has 3 heterocycles. The molecule has 1 fully saturated rings. The number of pyridine rings is 1. The summed E-state index contributed by atoms with van der Waals surface area (Å²) >= 11 is 0. The maximum absolute atomic E-state index is 5.34. The van der Waals surface area contributed by atoms with Crippen LogP contribution >= 0.6 is 0 Å². The molecule has 5 nitrogen and oxygen atoms in total. The highest BCUT2D eigenvalue weighted by Gasteiger charge is 2.16. The fraction of sp³-hybridized carbons (Fsp3) is 0.500. The summed E-state index contributed by atoms with van der Waals surface area (Å²) in [5, 5.41) is 7.67. The summed E-state index contributed by atoms with van der Waals surface area (Å²) in [5.41, 5.74) is 2.05. The normalized spacial score (nSPS) is 19.9. The van der Waals surface area contributed by atoms with Gasteiger partial charge < -0.3 is 10.1 Å². The zero-order chi connectivity index (χ0) is 11.7. The molecule has 0 radical (unpaired) electrons. The van der Waals surface area contributed by atoms with Crippen LogP contribution in [0.1, 0.15) is 12.0 Å². The Morgan fingerprint density at radius 3 is 3.29 bits per heavy atom. The van der Waals surface area contributed by atoms with Crippen LogP contribution in [0.3, 0.4) is 0 Å². The summed E-state index contributed by atoms with van der Waals surface area (Å²) in [5.74, 6) is 1.29. The van der Waals surface area contributed by atoms with E-state index in [0.717, 1.165) is 37.4 Å². The van der Waals surface area contributed by atoms with Crippen LogP contribution in [-0.4, -0.2) is 34.4 Å². The van der Waals surface area contributed by atoms with Gasteiger partial charge in [0.25, 0.3) is 0 Å². The standard InChI is InChI=1S/C12H16N4O/c1-9-3-2-5-16-11(9)14-12(15-16)13-7-10-4-6-17-8-10/h2-3,5,10H,4,6-8H2,1H3,(H,13,15). The van der Waals surface area contributed by atoms with E-state index in [9.17, 15) is 0 Å². The lowest BCUT2D eigenvalue weighted by Gasteiger charge is -2.06. The predicted octanol–water partition coefficient (Wildman–Crippen LogP) is 1.49. The van der Waals surface area contributed by atoms with Crippen molar-refractivity contribution in [1.82, 2.24) is 14.6 Å². The van der Waals surface area contributed by atoms with Crippen molar-refractivity contribution in [2.45, 2.75) is 13.3 Å². The third kappa shape index (κ3) is 2.10. The Morgan fingerprint density at radius 1 is 1.59 bits per heavy atom. The lowest BCUT2D eigenvalue weighted by atomic mass is 10.1. The number of ether oxygens (including phenoxy) is 1. The summed E-state index contributed by atoms with van der Waals surface area (Å²) in [4.78, 5) is 4.47. The minimum Gasteiger partial charge on any atom is -0.381 e. The lowest BCUT2D eigenvalue weighted by Crippen LogP contribution is -2.14. The molecule has 1 unspecified atom stereocenters. The highest BCUT2D eigenvalue weighted by Crippen LogP contribution is 2.14. The maximum atomic E-state index is 5.34. The van der Waals surface area contributed by atoms with E-state index in [1.54, 1.807) is 0 Å². The molecule has 1 aliphatic heterocycles. The number of hydrogen-bond acceptors (Lipinski definition) is 4. The molecular weight excluding hydrogens is 216 g/mol. The number of nitrogens with one attached hydrogen (secondary N) is 1. The molecule has 1 saturated heterocycles. The zero-order valence-corrected chi connectivity index (χ0v) is 9.89. The number of aryl methyl sites for hydroxylation is 1. The summed E-state index contributed by atoms with van der Waals surface area (Å²) in [6.07, 6.45) is 3.04. The molecule has 0 amide bonds. The van der Waals surface area contributed by atoms with Gasteiger partial charge in [-0.25, -0.2) is 4.52 Å². The molecule has 1 aliphatic rings. The van der Waals surface area contributed by atoms with Crippen molar-refractivity contribution in [2.75, 3.05) is 25.1 Å². The SMILES string of the molecule is Cc1cccn2nc(NCC3CCOC3)nc12. The topological polar surface area (TPSA) is 51.5 Å². The molecule has 2 aromatic rings. The lowest BCUT2D eigenvalue weighted by molar-refractivity contribution is 0.187. The summed E-state index contributed by atoms with van der Waals surface area (Å²) < 4.78 is 7.15. The van der Waals surface area contributed by atoms with Gasteiger partial charge in [0.05, 0.1) is 6.61 Å². The molecule has 0 aliphatic carbocycles. The second-order valence-electron chi connectivity index (χ2n) is 4.51. The van der Waals surface area contributed by atoms with Crippen LogP contribution in [0.2, 0.25) is 0 Å².